The molecular formula is C26H36N4O4. The Morgan fingerprint density at radius 1 is 1.26 bits per heavy atom. The second-order valence-electron chi connectivity index (χ2n) is 9.00. The summed E-state index contributed by atoms with van der Waals surface area (Å²) in [4.78, 5) is 33.5. The van der Waals surface area contributed by atoms with Crippen molar-refractivity contribution >= 4 is 17.5 Å². The molecule has 1 aromatic carbocycles. The SMILES string of the molecule is CCC(=O)Nc1ccc2c(c1)C(=O)N(C)C[C@@H](OC)[C@@H](C)CN(Cc1cccnc1)[C@@H](C)CO2. The number of ether oxygens (including phenoxy) is 2. The summed E-state index contributed by atoms with van der Waals surface area (Å²) in [6, 6.07) is 9.32. The van der Waals surface area contributed by atoms with Crippen LogP contribution in [0.3, 0.4) is 0 Å². The number of fused-ring (bicyclic) bond motifs is 1. The van der Waals surface area contributed by atoms with Crippen LogP contribution >= 0.6 is 0 Å². The fourth-order valence-electron chi connectivity index (χ4n) is 4.13. The van der Waals surface area contributed by atoms with Crippen molar-refractivity contribution in [3.05, 3.63) is 53.9 Å². The van der Waals surface area contributed by atoms with E-state index in [0.29, 0.717) is 36.6 Å². The molecule has 1 aromatic heterocycles. The number of carbonyl (C=O) groups is 2. The van der Waals surface area contributed by atoms with Gasteiger partial charge in [-0.25, -0.2) is 0 Å². The monoisotopic (exact) mass is 468 g/mol. The molecule has 0 unspecified atom stereocenters. The summed E-state index contributed by atoms with van der Waals surface area (Å²) >= 11 is 0. The van der Waals surface area contributed by atoms with Crippen LogP contribution in [0.1, 0.15) is 43.1 Å². The molecule has 8 heteroatoms. The summed E-state index contributed by atoms with van der Waals surface area (Å²) in [5.41, 5.74) is 2.13. The molecule has 1 aliphatic heterocycles. The van der Waals surface area contributed by atoms with Gasteiger partial charge in [-0.05, 0) is 42.7 Å². The molecule has 2 heterocycles. The molecule has 34 heavy (non-hydrogen) atoms. The Hall–Kier alpha value is -2.97. The van der Waals surface area contributed by atoms with Gasteiger partial charge in [0.05, 0.1) is 11.7 Å². The van der Waals surface area contributed by atoms with Crippen LogP contribution in [0.2, 0.25) is 0 Å². The topological polar surface area (TPSA) is 84.0 Å². The molecule has 3 rings (SSSR count). The molecule has 3 atom stereocenters. The van der Waals surface area contributed by atoms with Gasteiger partial charge in [0.15, 0.2) is 0 Å². The Labute approximate surface area is 202 Å². The zero-order valence-corrected chi connectivity index (χ0v) is 20.8. The van der Waals surface area contributed by atoms with Crippen LogP contribution < -0.4 is 10.1 Å². The second kappa shape index (κ2) is 11.9. The average Bonchev–Trinajstić information content (AvgIpc) is 2.85. The lowest BCUT2D eigenvalue weighted by atomic mass is 10.0. The molecular weight excluding hydrogens is 432 g/mol. The minimum absolute atomic E-state index is 0.0831. The normalized spacial score (nSPS) is 22.2. The number of aromatic nitrogens is 1. The van der Waals surface area contributed by atoms with E-state index in [-0.39, 0.29) is 29.9 Å². The van der Waals surface area contributed by atoms with E-state index in [1.807, 2.05) is 12.3 Å². The van der Waals surface area contributed by atoms with Crippen LogP contribution in [-0.2, 0) is 16.1 Å². The van der Waals surface area contributed by atoms with Crippen LogP contribution in [0.5, 0.6) is 5.75 Å². The third-order valence-electron chi connectivity index (χ3n) is 6.29. The van der Waals surface area contributed by atoms with Gasteiger partial charge < -0.3 is 19.7 Å². The molecule has 2 aromatic rings. The third kappa shape index (κ3) is 6.55. The van der Waals surface area contributed by atoms with Gasteiger partial charge in [0.1, 0.15) is 12.4 Å². The minimum atomic E-state index is -0.169. The number of hydrogen-bond acceptors (Lipinski definition) is 6. The number of nitrogens with one attached hydrogen (secondary N) is 1. The Bertz CT molecular complexity index is 969. The number of nitrogens with zero attached hydrogens (tertiary/aromatic N) is 3. The Morgan fingerprint density at radius 2 is 2.06 bits per heavy atom. The lowest BCUT2D eigenvalue weighted by molar-refractivity contribution is -0.115. The third-order valence-corrected chi connectivity index (χ3v) is 6.29. The highest BCUT2D eigenvalue weighted by atomic mass is 16.5. The van der Waals surface area contributed by atoms with Crippen molar-refractivity contribution in [3.8, 4) is 5.75 Å². The fraction of sp³-hybridized carbons (Fsp3) is 0.500. The van der Waals surface area contributed by atoms with E-state index in [1.54, 1.807) is 50.4 Å². The van der Waals surface area contributed by atoms with Crippen molar-refractivity contribution in [2.45, 2.75) is 45.9 Å². The fourth-order valence-corrected chi connectivity index (χ4v) is 4.13. The molecule has 0 spiro atoms. The van der Waals surface area contributed by atoms with Crippen molar-refractivity contribution in [3.63, 3.8) is 0 Å². The van der Waals surface area contributed by atoms with Gasteiger partial charge in [0, 0.05) is 64.3 Å². The maximum Gasteiger partial charge on any atom is 0.257 e. The highest BCUT2D eigenvalue weighted by Gasteiger charge is 2.28. The summed E-state index contributed by atoms with van der Waals surface area (Å²) in [7, 11) is 3.46. The predicted octanol–water partition coefficient (Wildman–Crippen LogP) is 3.44. The van der Waals surface area contributed by atoms with E-state index in [9.17, 15) is 9.59 Å². The average molecular weight is 469 g/mol. The van der Waals surface area contributed by atoms with Gasteiger partial charge in [-0.2, -0.15) is 0 Å². The number of likely N-dealkylation sites (N-methyl/N-ethyl adjacent to an activating group) is 1. The smallest absolute Gasteiger partial charge is 0.257 e. The molecule has 1 aliphatic rings. The zero-order chi connectivity index (χ0) is 24.7. The molecule has 184 valence electrons. The number of hydrogen-bond donors (Lipinski definition) is 1. The first-order chi connectivity index (χ1) is 16.3. The molecule has 0 saturated heterocycles. The summed E-state index contributed by atoms with van der Waals surface area (Å²) in [5, 5.41) is 2.83. The molecule has 2 amide bonds. The lowest BCUT2D eigenvalue weighted by Crippen LogP contribution is -2.46. The molecule has 0 bridgehead atoms. The number of methoxy groups -OCH3 is 1. The minimum Gasteiger partial charge on any atom is -0.491 e. The molecule has 0 radical (unpaired) electrons. The number of pyridine rings is 1. The number of amides is 2. The van der Waals surface area contributed by atoms with Crippen LogP contribution in [0, 0.1) is 5.92 Å². The number of carbonyl (C=O) groups excluding carboxylic acids is 2. The van der Waals surface area contributed by atoms with E-state index < -0.39 is 0 Å². The van der Waals surface area contributed by atoms with E-state index in [2.05, 4.69) is 35.1 Å². The van der Waals surface area contributed by atoms with Gasteiger partial charge in [-0.3, -0.25) is 19.5 Å². The van der Waals surface area contributed by atoms with E-state index in [1.165, 1.54) is 0 Å². The van der Waals surface area contributed by atoms with Crippen molar-refractivity contribution < 1.29 is 19.1 Å². The molecule has 1 N–H and O–H groups in total. The predicted molar refractivity (Wildman–Crippen MR) is 132 cm³/mol. The van der Waals surface area contributed by atoms with Crippen LogP contribution in [0.25, 0.3) is 0 Å². The van der Waals surface area contributed by atoms with Crippen LogP contribution in [0.4, 0.5) is 5.69 Å². The van der Waals surface area contributed by atoms with Crippen LogP contribution in [0.15, 0.2) is 42.7 Å². The van der Waals surface area contributed by atoms with Crippen molar-refractivity contribution in [1.29, 1.82) is 0 Å². The van der Waals surface area contributed by atoms with Gasteiger partial charge in [-0.15, -0.1) is 0 Å². The van der Waals surface area contributed by atoms with Gasteiger partial charge in [0.2, 0.25) is 5.91 Å². The Balaban J connectivity index is 1.93. The Kier molecular flexibility index (Phi) is 9.01. The maximum absolute atomic E-state index is 13.4. The van der Waals surface area contributed by atoms with Crippen LogP contribution in [-0.4, -0.2) is 72.6 Å². The standard InChI is InChI=1S/C26H36N4O4/c1-6-25(31)28-21-9-10-23-22(12-21)26(32)29(4)16-24(33-5)18(2)14-30(19(3)17-34-23)15-20-8-7-11-27-13-20/h7-13,18-19,24H,6,14-17H2,1-5H3,(H,28,31)/t18-,19-,24+/m0/s1. The van der Waals surface area contributed by atoms with Crippen molar-refractivity contribution in [2.24, 2.45) is 5.92 Å². The molecule has 0 fully saturated rings. The quantitative estimate of drug-likeness (QED) is 0.724. The highest BCUT2D eigenvalue weighted by molar-refractivity contribution is 5.99. The molecule has 8 nitrogen and oxygen atoms in total. The molecule has 0 saturated carbocycles. The van der Waals surface area contributed by atoms with Crippen molar-refractivity contribution in [1.82, 2.24) is 14.8 Å². The number of rotatable bonds is 5. The highest BCUT2D eigenvalue weighted by Crippen LogP contribution is 2.27. The first-order valence-corrected chi connectivity index (χ1v) is 11.8. The number of anilines is 1. The number of benzene rings is 1. The van der Waals surface area contributed by atoms with E-state index >= 15 is 0 Å². The summed E-state index contributed by atoms with van der Waals surface area (Å²) < 4.78 is 12.0. The van der Waals surface area contributed by atoms with Gasteiger partial charge >= 0.3 is 0 Å². The first kappa shape index (κ1) is 25.6. The first-order valence-electron chi connectivity index (χ1n) is 11.8. The second-order valence-corrected chi connectivity index (χ2v) is 9.00. The summed E-state index contributed by atoms with van der Waals surface area (Å²) in [6.07, 6.45) is 3.89. The van der Waals surface area contributed by atoms with Gasteiger partial charge in [-0.1, -0.05) is 19.9 Å². The zero-order valence-electron chi connectivity index (χ0n) is 20.8. The summed E-state index contributed by atoms with van der Waals surface area (Å²) in [5.74, 6) is 0.399. The lowest BCUT2D eigenvalue weighted by Gasteiger charge is -2.36. The molecule has 0 aliphatic carbocycles. The van der Waals surface area contributed by atoms with Crippen molar-refractivity contribution in [2.75, 3.05) is 39.2 Å². The van der Waals surface area contributed by atoms with E-state index in [4.69, 9.17) is 9.47 Å². The Morgan fingerprint density at radius 3 is 2.74 bits per heavy atom. The largest absolute Gasteiger partial charge is 0.491 e. The maximum atomic E-state index is 13.4. The van der Waals surface area contributed by atoms with Gasteiger partial charge in [0.25, 0.3) is 5.91 Å². The summed E-state index contributed by atoms with van der Waals surface area (Å²) in [6.45, 7) is 8.44. The van der Waals surface area contributed by atoms with E-state index in [0.717, 1.165) is 18.7 Å².